The minimum atomic E-state index is -0.105. The molecule has 0 radical (unpaired) electrons. The average molecular weight is 423 g/mol. The fraction of sp³-hybridized carbons (Fsp3) is 0.120. The monoisotopic (exact) mass is 423 g/mol. The van der Waals surface area contributed by atoms with Gasteiger partial charge in [0.25, 0.3) is 5.56 Å². The first kappa shape index (κ1) is 19.7. The molecule has 2 heterocycles. The lowest BCUT2D eigenvalue weighted by Crippen LogP contribution is -2.22. The first-order valence-corrected chi connectivity index (χ1v) is 10.3. The Labute approximate surface area is 184 Å². The molecule has 0 atom stereocenters. The fourth-order valence-corrected chi connectivity index (χ4v) is 3.68. The normalized spacial score (nSPS) is 11.1. The molecule has 0 unspecified atom stereocenters. The number of fused-ring (bicyclic) bond motifs is 1. The van der Waals surface area contributed by atoms with Crippen molar-refractivity contribution in [3.63, 3.8) is 0 Å². The summed E-state index contributed by atoms with van der Waals surface area (Å²) in [5, 5.41) is 8.97. The minimum Gasteiger partial charge on any atom is -0.487 e. The Hall–Kier alpha value is -4.26. The lowest BCUT2D eigenvalue weighted by molar-refractivity contribution is 0.301. The zero-order valence-electron chi connectivity index (χ0n) is 17.8. The van der Waals surface area contributed by atoms with Gasteiger partial charge in [-0.25, -0.2) is 9.67 Å². The van der Waals surface area contributed by atoms with Gasteiger partial charge in [0.15, 0.2) is 0 Å². The van der Waals surface area contributed by atoms with Crippen LogP contribution in [0.15, 0.2) is 83.8 Å². The van der Waals surface area contributed by atoms with Crippen LogP contribution < -0.4 is 10.3 Å². The van der Waals surface area contributed by atoms with Crippen molar-refractivity contribution in [2.45, 2.75) is 20.5 Å². The number of benzene rings is 3. The summed E-state index contributed by atoms with van der Waals surface area (Å²) >= 11 is 0. The van der Waals surface area contributed by atoms with Gasteiger partial charge < -0.3 is 4.74 Å². The number of hydrogen-bond acceptors (Lipinski definition) is 5. The van der Waals surface area contributed by atoms with E-state index < -0.39 is 0 Å². The Bertz CT molecular complexity index is 1490. The molecular weight excluding hydrogens is 402 g/mol. The van der Waals surface area contributed by atoms with E-state index in [2.05, 4.69) is 15.3 Å². The molecule has 0 aliphatic heterocycles. The molecule has 0 fully saturated rings. The summed E-state index contributed by atoms with van der Waals surface area (Å²) in [6.45, 7) is 4.12. The molecule has 2 aromatic heterocycles. The second-order valence-electron chi connectivity index (χ2n) is 7.60. The Kier molecular flexibility index (Phi) is 4.99. The predicted octanol–water partition coefficient (Wildman–Crippen LogP) is 4.16. The van der Waals surface area contributed by atoms with Gasteiger partial charge in [0, 0.05) is 6.07 Å². The lowest BCUT2D eigenvalue weighted by Gasteiger charge is -2.12. The molecule has 0 amide bonds. The van der Waals surface area contributed by atoms with Crippen LogP contribution in [0.2, 0.25) is 0 Å². The number of nitrogens with zero attached hydrogens (tertiary/aromatic N) is 5. The molecular formula is C25H21N5O2. The zero-order valence-corrected chi connectivity index (χ0v) is 17.8. The summed E-state index contributed by atoms with van der Waals surface area (Å²) < 4.78 is 9.27. The lowest BCUT2D eigenvalue weighted by atomic mass is 10.2. The van der Waals surface area contributed by atoms with Crippen LogP contribution in [0.1, 0.15) is 17.1 Å². The van der Waals surface area contributed by atoms with Crippen LogP contribution in [0, 0.1) is 13.8 Å². The van der Waals surface area contributed by atoms with Crippen molar-refractivity contribution in [2.24, 2.45) is 0 Å². The van der Waals surface area contributed by atoms with Crippen molar-refractivity contribution in [3.8, 4) is 17.1 Å². The van der Waals surface area contributed by atoms with Crippen molar-refractivity contribution in [1.29, 1.82) is 0 Å². The van der Waals surface area contributed by atoms with E-state index in [1.807, 2.05) is 86.8 Å². The molecule has 7 heteroatoms. The van der Waals surface area contributed by atoms with Crippen LogP contribution in [0.4, 0.5) is 0 Å². The fourth-order valence-electron chi connectivity index (χ4n) is 3.68. The van der Waals surface area contributed by atoms with Crippen LogP contribution in [-0.4, -0.2) is 24.5 Å². The van der Waals surface area contributed by atoms with E-state index in [4.69, 9.17) is 4.74 Å². The van der Waals surface area contributed by atoms with Crippen molar-refractivity contribution in [2.75, 3.05) is 0 Å². The van der Waals surface area contributed by atoms with Crippen LogP contribution in [0.25, 0.3) is 22.3 Å². The molecule has 0 saturated heterocycles. The predicted molar refractivity (Wildman–Crippen MR) is 123 cm³/mol. The van der Waals surface area contributed by atoms with E-state index in [-0.39, 0.29) is 12.2 Å². The molecule has 0 spiro atoms. The third-order valence-electron chi connectivity index (χ3n) is 5.21. The van der Waals surface area contributed by atoms with E-state index in [0.717, 1.165) is 11.3 Å². The quantitative estimate of drug-likeness (QED) is 0.424. The summed E-state index contributed by atoms with van der Waals surface area (Å²) in [7, 11) is 0. The maximum Gasteiger partial charge on any atom is 0.265 e. The Balaban J connectivity index is 1.39. The Morgan fingerprint density at radius 1 is 0.906 bits per heavy atom. The molecule has 5 rings (SSSR count). The molecule has 0 N–H and O–H groups in total. The number of rotatable bonds is 5. The van der Waals surface area contributed by atoms with E-state index in [0.29, 0.717) is 33.9 Å². The van der Waals surface area contributed by atoms with Crippen molar-refractivity contribution >= 4 is 10.9 Å². The number of para-hydroxylation sites is 1. The van der Waals surface area contributed by atoms with Gasteiger partial charge >= 0.3 is 0 Å². The minimum absolute atomic E-state index is 0.105. The van der Waals surface area contributed by atoms with Crippen molar-refractivity contribution in [3.05, 3.63) is 106 Å². The van der Waals surface area contributed by atoms with Gasteiger partial charge in [-0.3, -0.25) is 9.36 Å². The first-order valence-electron chi connectivity index (χ1n) is 10.3. The smallest absolute Gasteiger partial charge is 0.265 e. The van der Waals surface area contributed by atoms with Gasteiger partial charge in [0.2, 0.25) is 0 Å². The number of hydrogen-bond donors (Lipinski definition) is 0. The van der Waals surface area contributed by atoms with E-state index in [1.165, 1.54) is 0 Å². The van der Waals surface area contributed by atoms with E-state index in [9.17, 15) is 4.79 Å². The molecule has 158 valence electrons. The number of ether oxygens (including phenoxy) is 1. The molecule has 0 aliphatic carbocycles. The summed E-state index contributed by atoms with van der Waals surface area (Å²) in [5.74, 6) is 1.25. The van der Waals surface area contributed by atoms with Gasteiger partial charge in [-0.05, 0) is 55.8 Å². The van der Waals surface area contributed by atoms with Gasteiger partial charge in [-0.2, -0.15) is 0 Å². The third kappa shape index (κ3) is 3.76. The standard InChI is InChI=1S/C25H21N5O2/c1-17-7-5-8-20(13-17)29-15-19(27-28-29)16-32-22-10-6-9-21(14-22)30-18(2)26-24-12-4-3-11-23(24)25(30)31/h3-15H,16H2,1-2H3. The highest BCUT2D eigenvalue weighted by molar-refractivity contribution is 5.77. The van der Waals surface area contributed by atoms with Crippen LogP contribution >= 0.6 is 0 Å². The molecule has 0 bridgehead atoms. The SMILES string of the molecule is Cc1cccc(-n2cc(COc3cccc(-n4c(C)nc5ccccc5c4=O)c3)nn2)c1. The van der Waals surface area contributed by atoms with Crippen LogP contribution in [-0.2, 0) is 6.61 Å². The maximum absolute atomic E-state index is 13.1. The highest BCUT2D eigenvalue weighted by atomic mass is 16.5. The first-order chi connectivity index (χ1) is 15.6. The van der Waals surface area contributed by atoms with Crippen LogP contribution in [0.3, 0.4) is 0 Å². The van der Waals surface area contributed by atoms with Gasteiger partial charge in [-0.15, -0.1) is 5.10 Å². The third-order valence-corrected chi connectivity index (χ3v) is 5.21. The van der Waals surface area contributed by atoms with Crippen LogP contribution in [0.5, 0.6) is 5.75 Å². The van der Waals surface area contributed by atoms with Crippen molar-refractivity contribution in [1.82, 2.24) is 24.5 Å². The summed E-state index contributed by atoms with van der Waals surface area (Å²) in [5.41, 5.74) is 4.09. The van der Waals surface area contributed by atoms with Gasteiger partial charge in [0.05, 0.1) is 28.5 Å². The summed E-state index contributed by atoms with van der Waals surface area (Å²) in [6, 6.07) is 22.8. The van der Waals surface area contributed by atoms with E-state index >= 15 is 0 Å². The average Bonchev–Trinajstić information content (AvgIpc) is 3.27. The topological polar surface area (TPSA) is 74.8 Å². The number of aromatic nitrogens is 5. The van der Waals surface area contributed by atoms with E-state index in [1.54, 1.807) is 15.3 Å². The molecule has 0 saturated carbocycles. The maximum atomic E-state index is 13.1. The van der Waals surface area contributed by atoms with Crippen molar-refractivity contribution < 1.29 is 4.74 Å². The highest BCUT2D eigenvalue weighted by Crippen LogP contribution is 2.19. The van der Waals surface area contributed by atoms with Gasteiger partial charge in [-0.1, -0.05) is 35.5 Å². The second kappa shape index (κ2) is 8.11. The largest absolute Gasteiger partial charge is 0.487 e. The highest BCUT2D eigenvalue weighted by Gasteiger charge is 2.11. The molecule has 32 heavy (non-hydrogen) atoms. The second-order valence-corrected chi connectivity index (χ2v) is 7.60. The molecule has 0 aliphatic rings. The Morgan fingerprint density at radius 3 is 2.59 bits per heavy atom. The molecule has 5 aromatic rings. The molecule has 7 nitrogen and oxygen atoms in total. The van der Waals surface area contributed by atoms with Gasteiger partial charge in [0.1, 0.15) is 23.9 Å². The summed E-state index contributed by atoms with van der Waals surface area (Å²) in [6.07, 6.45) is 1.85. The molecule has 3 aromatic carbocycles. The zero-order chi connectivity index (χ0) is 22.1. The summed E-state index contributed by atoms with van der Waals surface area (Å²) in [4.78, 5) is 17.6. The Morgan fingerprint density at radius 2 is 1.72 bits per heavy atom. The number of aryl methyl sites for hydroxylation is 2.